The van der Waals surface area contributed by atoms with Crippen molar-refractivity contribution < 1.29 is 28.6 Å². The van der Waals surface area contributed by atoms with Crippen LogP contribution in [0.3, 0.4) is 0 Å². The summed E-state index contributed by atoms with van der Waals surface area (Å²) in [6.45, 7) is 3.07. The van der Waals surface area contributed by atoms with Gasteiger partial charge >= 0.3 is 5.97 Å². The summed E-state index contributed by atoms with van der Waals surface area (Å²) in [5.74, 6) is -0.592. The molecule has 3 aromatic rings. The first-order valence-corrected chi connectivity index (χ1v) is 15.9. The molecule has 1 aliphatic heterocycles. The third kappa shape index (κ3) is 7.23. The van der Waals surface area contributed by atoms with Crippen LogP contribution in [-0.4, -0.2) is 72.4 Å². The number of anilines is 1. The Morgan fingerprint density at radius 2 is 1.77 bits per heavy atom. The largest absolute Gasteiger partial charge is 0.466 e. The van der Waals surface area contributed by atoms with Crippen LogP contribution in [-0.2, 0) is 37.3 Å². The maximum Gasteiger partial charge on any atom is 0.308 e. The van der Waals surface area contributed by atoms with Crippen molar-refractivity contribution in [2.24, 2.45) is 13.0 Å². The molecule has 1 aromatic heterocycles. The van der Waals surface area contributed by atoms with Crippen molar-refractivity contribution in [3.8, 4) is 0 Å². The van der Waals surface area contributed by atoms with Crippen LogP contribution in [0.15, 0.2) is 42.6 Å². The highest BCUT2D eigenvalue weighted by molar-refractivity contribution is 6.36. The summed E-state index contributed by atoms with van der Waals surface area (Å²) in [4.78, 5) is 40.6. The van der Waals surface area contributed by atoms with E-state index in [0.717, 1.165) is 36.6 Å². The van der Waals surface area contributed by atoms with Gasteiger partial charge in [0.1, 0.15) is 0 Å². The molecule has 1 aliphatic carbocycles. The Morgan fingerprint density at radius 1 is 1.02 bits per heavy atom. The molecule has 2 fully saturated rings. The van der Waals surface area contributed by atoms with E-state index in [1.165, 1.54) is 0 Å². The Kier molecular flexibility index (Phi) is 10.5. The average molecular weight is 645 g/mol. The van der Waals surface area contributed by atoms with Gasteiger partial charge in [-0.25, -0.2) is 0 Å². The number of hydrogen-bond donors (Lipinski definition) is 1. The minimum Gasteiger partial charge on any atom is -0.466 e. The molecular weight excluding hydrogens is 605 g/mol. The number of likely N-dealkylation sites (tertiary alicyclic amines) is 1. The molecule has 0 unspecified atom stereocenters. The van der Waals surface area contributed by atoms with Gasteiger partial charge in [0.05, 0.1) is 60.1 Å². The second-order valence-electron chi connectivity index (χ2n) is 11.6. The van der Waals surface area contributed by atoms with E-state index in [4.69, 9.17) is 37.4 Å². The number of carbonyl (C=O) groups is 3. The van der Waals surface area contributed by atoms with Crippen molar-refractivity contribution in [1.82, 2.24) is 9.47 Å². The van der Waals surface area contributed by atoms with E-state index in [2.05, 4.69) is 5.32 Å². The number of carbonyl (C=O) groups excluding carboxylic acids is 3. The number of ether oxygens (including phenoxy) is 3. The lowest BCUT2D eigenvalue weighted by molar-refractivity contribution is -0.150. The molecule has 2 amide bonds. The van der Waals surface area contributed by atoms with Crippen molar-refractivity contribution in [2.75, 3.05) is 32.2 Å². The highest BCUT2D eigenvalue weighted by Crippen LogP contribution is 2.33. The lowest BCUT2D eigenvalue weighted by Crippen LogP contribution is -2.40. The number of methoxy groups -OCH3 is 1. The number of halogens is 2. The van der Waals surface area contributed by atoms with Crippen molar-refractivity contribution in [3.05, 3.63) is 63.8 Å². The lowest BCUT2D eigenvalue weighted by atomic mass is 9.87. The predicted molar refractivity (Wildman–Crippen MR) is 170 cm³/mol. The zero-order valence-electron chi connectivity index (χ0n) is 25.3. The van der Waals surface area contributed by atoms with Crippen LogP contribution in [0.4, 0.5) is 5.69 Å². The average Bonchev–Trinajstić information content (AvgIpc) is 3.60. The Bertz CT molecular complexity index is 1520. The molecule has 0 spiro atoms. The standard InChI is InChI=1S/C33H39Cl2N3O6/c1-4-43-33(41)20-9-11-23(12-10-20)44-19-22-15-24(42-3)17-38(22)31(39)14-21-13-28(35)29(16-27(21)34)36-32(40)26-18-37(2)30-8-6-5-7-25(26)30/h5-8,13,16,18,20,22-24H,4,9-12,14-15,17,19H2,1-3H3,(H,36,40)/t20-,22-,23-,24-/m0/s1. The van der Waals surface area contributed by atoms with Crippen LogP contribution in [0.2, 0.25) is 10.0 Å². The summed E-state index contributed by atoms with van der Waals surface area (Å²) in [5, 5.41) is 4.33. The first kappa shape index (κ1) is 32.3. The first-order valence-electron chi connectivity index (χ1n) is 15.1. The predicted octanol–water partition coefficient (Wildman–Crippen LogP) is 6.03. The first-order chi connectivity index (χ1) is 21.2. The number of para-hydroxylation sites is 1. The van der Waals surface area contributed by atoms with E-state index >= 15 is 0 Å². The highest BCUT2D eigenvalue weighted by atomic mass is 35.5. The van der Waals surface area contributed by atoms with E-state index in [9.17, 15) is 14.4 Å². The lowest BCUT2D eigenvalue weighted by Gasteiger charge is -2.30. The molecule has 2 heterocycles. The number of amides is 2. The SMILES string of the molecule is CCOC(=O)[C@H]1CC[C@H](OC[C@@H]2C[C@H](OC)CN2C(=O)Cc2cc(Cl)c(NC(=O)c3cn(C)c4ccccc34)cc2Cl)CC1. The quantitative estimate of drug-likeness (QED) is 0.271. The van der Waals surface area contributed by atoms with Gasteiger partial charge in [-0.3, -0.25) is 14.4 Å². The summed E-state index contributed by atoms with van der Waals surface area (Å²) >= 11 is 13.2. The number of nitrogens with zero attached hydrogens (tertiary/aromatic N) is 2. The molecule has 236 valence electrons. The molecule has 9 nitrogen and oxygen atoms in total. The number of aryl methyl sites for hydroxylation is 1. The Hall–Kier alpha value is -3.11. The minimum absolute atomic E-state index is 0.0455. The fourth-order valence-corrected chi connectivity index (χ4v) is 6.74. The van der Waals surface area contributed by atoms with Crippen LogP contribution in [0.1, 0.15) is 54.9 Å². The zero-order valence-corrected chi connectivity index (χ0v) is 26.8. The molecule has 11 heteroatoms. The molecule has 44 heavy (non-hydrogen) atoms. The van der Waals surface area contributed by atoms with Gasteiger partial charge in [0, 0.05) is 42.8 Å². The number of rotatable bonds is 10. The van der Waals surface area contributed by atoms with Crippen molar-refractivity contribution in [3.63, 3.8) is 0 Å². The molecule has 2 aromatic carbocycles. The molecule has 5 rings (SSSR count). The van der Waals surface area contributed by atoms with Gasteiger partial charge in [-0.15, -0.1) is 0 Å². The summed E-state index contributed by atoms with van der Waals surface area (Å²) in [5.41, 5.74) is 2.41. The van der Waals surface area contributed by atoms with Gasteiger partial charge in [-0.05, 0) is 62.8 Å². The highest BCUT2D eigenvalue weighted by Gasteiger charge is 2.37. The molecule has 1 saturated carbocycles. The smallest absolute Gasteiger partial charge is 0.308 e. The number of hydrogen-bond acceptors (Lipinski definition) is 6. The maximum atomic E-state index is 13.5. The van der Waals surface area contributed by atoms with E-state index in [-0.39, 0.29) is 48.4 Å². The van der Waals surface area contributed by atoms with E-state index in [0.29, 0.717) is 53.0 Å². The van der Waals surface area contributed by atoms with Crippen LogP contribution in [0.25, 0.3) is 10.9 Å². The molecule has 0 radical (unpaired) electrons. The number of fused-ring (bicyclic) bond motifs is 1. The van der Waals surface area contributed by atoms with Crippen LogP contribution in [0, 0.1) is 5.92 Å². The number of aromatic nitrogens is 1. The molecule has 1 N–H and O–H groups in total. The van der Waals surface area contributed by atoms with Gasteiger partial charge in [-0.2, -0.15) is 0 Å². The van der Waals surface area contributed by atoms with Crippen molar-refractivity contribution in [2.45, 2.75) is 63.7 Å². The van der Waals surface area contributed by atoms with Crippen LogP contribution < -0.4 is 5.32 Å². The number of esters is 1. The van der Waals surface area contributed by atoms with Gasteiger partial charge in [0.2, 0.25) is 5.91 Å². The number of benzene rings is 2. The van der Waals surface area contributed by atoms with Crippen LogP contribution in [0.5, 0.6) is 0 Å². The van der Waals surface area contributed by atoms with E-state index in [1.54, 1.807) is 30.3 Å². The van der Waals surface area contributed by atoms with E-state index < -0.39 is 0 Å². The summed E-state index contributed by atoms with van der Waals surface area (Å²) in [7, 11) is 3.54. The summed E-state index contributed by atoms with van der Waals surface area (Å²) in [6.07, 6.45) is 5.53. The third-order valence-electron chi connectivity index (χ3n) is 8.72. The Balaban J connectivity index is 1.20. The minimum atomic E-state index is -0.302. The molecule has 2 atom stereocenters. The second kappa shape index (κ2) is 14.3. The molecule has 1 saturated heterocycles. The molecular formula is C33H39Cl2N3O6. The van der Waals surface area contributed by atoms with Crippen molar-refractivity contribution in [1.29, 1.82) is 0 Å². The topological polar surface area (TPSA) is 99.1 Å². The van der Waals surface area contributed by atoms with Gasteiger partial charge in [-0.1, -0.05) is 41.4 Å². The van der Waals surface area contributed by atoms with E-state index in [1.807, 2.05) is 42.8 Å². The monoisotopic (exact) mass is 643 g/mol. The summed E-state index contributed by atoms with van der Waals surface area (Å²) in [6, 6.07) is 10.8. The Morgan fingerprint density at radius 3 is 2.50 bits per heavy atom. The number of nitrogens with one attached hydrogen (secondary N) is 1. The van der Waals surface area contributed by atoms with Gasteiger partial charge < -0.3 is 29.0 Å². The van der Waals surface area contributed by atoms with Gasteiger partial charge in [0.15, 0.2) is 0 Å². The molecule has 2 aliphatic rings. The van der Waals surface area contributed by atoms with Gasteiger partial charge in [0.25, 0.3) is 5.91 Å². The fraction of sp³-hybridized carbons (Fsp3) is 0.485. The zero-order chi connectivity index (χ0) is 31.4. The maximum absolute atomic E-state index is 13.5. The third-order valence-corrected chi connectivity index (χ3v) is 9.38. The summed E-state index contributed by atoms with van der Waals surface area (Å²) < 4.78 is 18.9. The normalized spacial score (nSPS) is 21.9. The fourth-order valence-electron chi connectivity index (χ4n) is 6.28. The second-order valence-corrected chi connectivity index (χ2v) is 12.4. The Labute approximate surface area is 267 Å². The van der Waals surface area contributed by atoms with Crippen LogP contribution >= 0.6 is 23.2 Å². The van der Waals surface area contributed by atoms with Crippen molar-refractivity contribution >= 4 is 57.6 Å². The molecule has 0 bridgehead atoms.